The summed E-state index contributed by atoms with van der Waals surface area (Å²) in [6.45, 7) is -0.0723. The van der Waals surface area contributed by atoms with Crippen LogP contribution in [0.4, 0.5) is 18.9 Å². The van der Waals surface area contributed by atoms with Crippen LogP contribution in [0, 0.1) is 0 Å². The monoisotopic (exact) mass is 448 g/mol. The number of rotatable bonds is 2. The van der Waals surface area contributed by atoms with Crippen molar-refractivity contribution in [3.05, 3.63) is 58.1 Å². The van der Waals surface area contributed by atoms with Gasteiger partial charge in [-0.2, -0.15) is 13.2 Å². The number of sulfonamides is 1. The SMILES string of the molecule is O=C1NCCN(S(=O)(=O)c2cccc(C(F)(F)F)c2)c2cc(Br)ccc21. The van der Waals surface area contributed by atoms with Gasteiger partial charge in [-0.1, -0.05) is 22.0 Å². The summed E-state index contributed by atoms with van der Waals surface area (Å²) in [6, 6.07) is 8.02. The number of alkyl halides is 3. The van der Waals surface area contributed by atoms with Crippen molar-refractivity contribution >= 4 is 37.5 Å². The van der Waals surface area contributed by atoms with Gasteiger partial charge in [0.25, 0.3) is 15.9 Å². The molecule has 0 radical (unpaired) electrons. The molecule has 26 heavy (non-hydrogen) atoms. The number of hydrogen-bond acceptors (Lipinski definition) is 3. The minimum atomic E-state index is -4.66. The lowest BCUT2D eigenvalue weighted by Crippen LogP contribution is -2.35. The zero-order valence-electron chi connectivity index (χ0n) is 13.0. The van der Waals surface area contributed by atoms with Gasteiger partial charge in [-0.3, -0.25) is 9.10 Å². The van der Waals surface area contributed by atoms with E-state index < -0.39 is 32.6 Å². The van der Waals surface area contributed by atoms with Gasteiger partial charge < -0.3 is 5.32 Å². The van der Waals surface area contributed by atoms with Crippen molar-refractivity contribution < 1.29 is 26.4 Å². The molecule has 1 aliphatic heterocycles. The van der Waals surface area contributed by atoms with Gasteiger partial charge in [-0.15, -0.1) is 0 Å². The Morgan fingerprint density at radius 1 is 1.12 bits per heavy atom. The highest BCUT2D eigenvalue weighted by atomic mass is 79.9. The molecule has 138 valence electrons. The van der Waals surface area contributed by atoms with Crippen LogP contribution < -0.4 is 9.62 Å². The highest BCUT2D eigenvalue weighted by molar-refractivity contribution is 9.10. The fourth-order valence-electron chi connectivity index (χ4n) is 2.60. The molecule has 3 rings (SSSR count). The molecule has 1 aliphatic rings. The molecule has 0 aliphatic carbocycles. The fraction of sp³-hybridized carbons (Fsp3) is 0.188. The van der Waals surface area contributed by atoms with E-state index in [2.05, 4.69) is 21.2 Å². The Morgan fingerprint density at radius 3 is 2.54 bits per heavy atom. The Balaban J connectivity index is 2.15. The molecule has 0 unspecified atom stereocenters. The zero-order chi connectivity index (χ0) is 19.1. The molecule has 0 aromatic heterocycles. The van der Waals surface area contributed by atoms with Crippen molar-refractivity contribution in [1.29, 1.82) is 0 Å². The van der Waals surface area contributed by atoms with E-state index in [1.165, 1.54) is 12.1 Å². The molecule has 0 saturated carbocycles. The summed E-state index contributed by atoms with van der Waals surface area (Å²) in [5.74, 6) is -0.450. The molecule has 1 heterocycles. The van der Waals surface area contributed by atoms with E-state index in [1.807, 2.05) is 0 Å². The van der Waals surface area contributed by atoms with Gasteiger partial charge in [0, 0.05) is 11.0 Å². The molecule has 0 bridgehead atoms. The summed E-state index contributed by atoms with van der Waals surface area (Å²) in [6.07, 6.45) is -4.66. The third-order valence-electron chi connectivity index (χ3n) is 3.82. The molecular weight excluding hydrogens is 437 g/mol. The minimum absolute atomic E-state index is 0.0311. The van der Waals surface area contributed by atoms with Crippen LogP contribution in [0.15, 0.2) is 51.8 Å². The summed E-state index contributed by atoms with van der Waals surface area (Å²) >= 11 is 3.22. The number of amides is 1. The van der Waals surface area contributed by atoms with E-state index >= 15 is 0 Å². The zero-order valence-corrected chi connectivity index (χ0v) is 15.5. The predicted molar refractivity (Wildman–Crippen MR) is 92.5 cm³/mol. The quantitative estimate of drug-likeness (QED) is 0.765. The second-order valence-electron chi connectivity index (χ2n) is 5.52. The van der Waals surface area contributed by atoms with Crippen LogP contribution in [-0.4, -0.2) is 27.4 Å². The van der Waals surface area contributed by atoms with Gasteiger partial charge in [-0.25, -0.2) is 8.42 Å². The number of fused-ring (bicyclic) bond motifs is 1. The van der Waals surface area contributed by atoms with E-state index in [1.54, 1.807) is 6.07 Å². The van der Waals surface area contributed by atoms with Crippen molar-refractivity contribution in [2.75, 3.05) is 17.4 Å². The number of hydrogen-bond donors (Lipinski definition) is 1. The van der Waals surface area contributed by atoms with Crippen molar-refractivity contribution in [3.63, 3.8) is 0 Å². The first kappa shape index (κ1) is 18.7. The summed E-state index contributed by atoms with van der Waals surface area (Å²) in [4.78, 5) is 11.6. The first-order valence-corrected chi connectivity index (χ1v) is 9.62. The first-order chi connectivity index (χ1) is 12.1. The summed E-state index contributed by atoms with van der Waals surface area (Å²) in [7, 11) is -4.30. The molecule has 0 saturated heterocycles. The Labute approximate surface area is 156 Å². The highest BCUT2D eigenvalue weighted by Gasteiger charge is 2.34. The molecule has 1 amide bonds. The number of anilines is 1. The lowest BCUT2D eigenvalue weighted by Gasteiger charge is -2.24. The highest BCUT2D eigenvalue weighted by Crippen LogP contribution is 2.34. The molecule has 2 aromatic carbocycles. The Bertz CT molecular complexity index is 977. The molecule has 2 aromatic rings. The standard InChI is InChI=1S/C16H12BrF3N2O3S/c17-11-4-5-13-14(9-11)22(7-6-21-15(13)23)26(24,25)12-3-1-2-10(8-12)16(18,19)20/h1-5,8-9H,6-7H2,(H,21,23). The van der Waals surface area contributed by atoms with Crippen molar-refractivity contribution in [2.45, 2.75) is 11.1 Å². The Kier molecular flexibility index (Phi) is 4.74. The lowest BCUT2D eigenvalue weighted by atomic mass is 10.1. The number of nitrogens with zero attached hydrogens (tertiary/aromatic N) is 1. The second kappa shape index (κ2) is 6.58. The van der Waals surface area contributed by atoms with Crippen LogP contribution in [0.5, 0.6) is 0 Å². The third kappa shape index (κ3) is 3.43. The van der Waals surface area contributed by atoms with Gasteiger partial charge in [0.1, 0.15) is 0 Å². The first-order valence-electron chi connectivity index (χ1n) is 7.38. The number of carbonyl (C=O) groups is 1. The summed E-state index contributed by atoms with van der Waals surface area (Å²) < 4.78 is 66.3. The normalized spacial score (nSPS) is 15.2. The maximum atomic E-state index is 13.0. The van der Waals surface area contributed by atoms with Crippen LogP contribution >= 0.6 is 15.9 Å². The van der Waals surface area contributed by atoms with Crippen LogP contribution in [-0.2, 0) is 16.2 Å². The maximum absolute atomic E-state index is 13.0. The van der Waals surface area contributed by atoms with E-state index in [0.717, 1.165) is 22.5 Å². The number of benzene rings is 2. The molecule has 0 spiro atoms. The number of carbonyl (C=O) groups excluding carboxylic acids is 1. The Morgan fingerprint density at radius 2 is 1.85 bits per heavy atom. The van der Waals surface area contributed by atoms with Gasteiger partial charge in [0.2, 0.25) is 0 Å². The minimum Gasteiger partial charge on any atom is -0.350 e. The van der Waals surface area contributed by atoms with Gasteiger partial charge >= 0.3 is 6.18 Å². The maximum Gasteiger partial charge on any atom is 0.416 e. The van der Waals surface area contributed by atoms with Crippen molar-refractivity contribution in [2.24, 2.45) is 0 Å². The average molecular weight is 449 g/mol. The summed E-state index contributed by atoms with van der Waals surface area (Å²) in [5, 5.41) is 2.57. The fourth-order valence-corrected chi connectivity index (χ4v) is 4.47. The average Bonchev–Trinajstić information content (AvgIpc) is 2.73. The molecule has 0 atom stereocenters. The van der Waals surface area contributed by atoms with Crippen molar-refractivity contribution in [1.82, 2.24) is 5.32 Å². The molecular formula is C16H12BrF3N2O3S. The van der Waals surface area contributed by atoms with Crippen LogP contribution in [0.25, 0.3) is 0 Å². The largest absolute Gasteiger partial charge is 0.416 e. The topological polar surface area (TPSA) is 66.5 Å². The number of halogens is 4. The van der Waals surface area contributed by atoms with Crippen LogP contribution in [0.3, 0.4) is 0 Å². The lowest BCUT2D eigenvalue weighted by molar-refractivity contribution is -0.137. The van der Waals surface area contributed by atoms with Crippen LogP contribution in [0.2, 0.25) is 0 Å². The van der Waals surface area contributed by atoms with Crippen molar-refractivity contribution in [3.8, 4) is 0 Å². The predicted octanol–water partition coefficient (Wildman–Crippen LogP) is 3.41. The molecule has 1 N–H and O–H groups in total. The van der Waals surface area contributed by atoms with Crippen LogP contribution in [0.1, 0.15) is 15.9 Å². The second-order valence-corrected chi connectivity index (χ2v) is 8.30. The Hall–Kier alpha value is -2.07. The van der Waals surface area contributed by atoms with Gasteiger partial charge in [0.05, 0.1) is 28.3 Å². The van der Waals surface area contributed by atoms with E-state index in [9.17, 15) is 26.4 Å². The van der Waals surface area contributed by atoms with E-state index in [4.69, 9.17) is 0 Å². The van der Waals surface area contributed by atoms with E-state index in [0.29, 0.717) is 10.5 Å². The van der Waals surface area contributed by atoms with Gasteiger partial charge in [0.15, 0.2) is 0 Å². The van der Waals surface area contributed by atoms with Gasteiger partial charge in [-0.05, 0) is 36.4 Å². The third-order valence-corrected chi connectivity index (χ3v) is 6.13. The molecule has 5 nitrogen and oxygen atoms in total. The molecule has 10 heteroatoms. The number of nitrogens with one attached hydrogen (secondary N) is 1. The molecule has 0 fully saturated rings. The summed E-state index contributed by atoms with van der Waals surface area (Å²) in [5.41, 5.74) is -0.829. The van der Waals surface area contributed by atoms with E-state index in [-0.39, 0.29) is 24.3 Å². The smallest absolute Gasteiger partial charge is 0.350 e.